The number of hydrogen-bond donors (Lipinski definition) is 1. The molecule has 0 aliphatic carbocycles. The number of carbonyl (C=O) groups is 1. The maximum absolute atomic E-state index is 10.4. The molecule has 0 aliphatic heterocycles. The minimum atomic E-state index is 0.503. The van der Waals surface area contributed by atoms with E-state index in [1.165, 1.54) is 18.0 Å². The van der Waals surface area contributed by atoms with E-state index in [0.717, 1.165) is 16.3 Å². The van der Waals surface area contributed by atoms with Crippen LogP contribution in [0.15, 0.2) is 46.6 Å². The molecule has 70 valence electrons. The Balaban J connectivity index is 2.15. The van der Waals surface area contributed by atoms with Crippen LogP contribution in [0.3, 0.4) is 0 Å². The number of hydrogen-bond acceptors (Lipinski definition) is 3. The normalized spacial score (nSPS) is 10.0. The molecule has 0 spiro atoms. The van der Waals surface area contributed by atoms with Crippen LogP contribution in [-0.2, 0) is 0 Å². The highest BCUT2D eigenvalue weighted by Gasteiger charge is 2.00. The molecule has 0 saturated heterocycles. The fraction of sp³-hybridized carbons (Fsp3) is 0. The monoisotopic (exact) mass is 204 g/mol. The van der Waals surface area contributed by atoms with Crippen LogP contribution >= 0.6 is 11.8 Å². The third kappa shape index (κ3) is 2.03. The van der Waals surface area contributed by atoms with Crippen LogP contribution in [0.4, 0.5) is 0 Å². The van der Waals surface area contributed by atoms with E-state index in [4.69, 9.17) is 0 Å². The standard InChI is InChI=1S/C10H8N2OS/c13-7-8-6-11-10(12-8)14-9-4-2-1-3-5-9/h1-7H,(H,11,12). The molecule has 1 aromatic heterocycles. The fourth-order valence-corrected chi connectivity index (χ4v) is 1.82. The van der Waals surface area contributed by atoms with Crippen molar-refractivity contribution in [2.75, 3.05) is 0 Å². The van der Waals surface area contributed by atoms with Crippen LogP contribution in [0.2, 0.25) is 0 Å². The number of aromatic amines is 1. The molecule has 1 N–H and O–H groups in total. The number of nitrogens with zero attached hydrogens (tertiary/aromatic N) is 1. The first kappa shape index (κ1) is 9.02. The second-order valence-electron chi connectivity index (χ2n) is 2.68. The van der Waals surface area contributed by atoms with Gasteiger partial charge in [0.25, 0.3) is 0 Å². The van der Waals surface area contributed by atoms with Crippen molar-refractivity contribution in [3.63, 3.8) is 0 Å². The van der Waals surface area contributed by atoms with Gasteiger partial charge in [-0.3, -0.25) is 4.79 Å². The van der Waals surface area contributed by atoms with Gasteiger partial charge >= 0.3 is 0 Å². The van der Waals surface area contributed by atoms with Gasteiger partial charge < -0.3 is 4.98 Å². The molecule has 4 heteroatoms. The lowest BCUT2D eigenvalue weighted by atomic mass is 10.4. The summed E-state index contributed by atoms with van der Waals surface area (Å²) in [5.41, 5.74) is 0.503. The van der Waals surface area contributed by atoms with Crippen molar-refractivity contribution >= 4 is 18.0 Å². The maximum atomic E-state index is 10.4. The molecule has 14 heavy (non-hydrogen) atoms. The van der Waals surface area contributed by atoms with Crippen molar-refractivity contribution in [3.05, 3.63) is 42.2 Å². The van der Waals surface area contributed by atoms with E-state index >= 15 is 0 Å². The lowest BCUT2D eigenvalue weighted by molar-refractivity contribution is 0.111. The van der Waals surface area contributed by atoms with Crippen molar-refractivity contribution in [1.82, 2.24) is 9.97 Å². The molecule has 2 rings (SSSR count). The minimum absolute atomic E-state index is 0.503. The van der Waals surface area contributed by atoms with Gasteiger partial charge in [0, 0.05) is 4.90 Å². The number of aldehydes is 1. The minimum Gasteiger partial charge on any atom is -0.330 e. The van der Waals surface area contributed by atoms with Crippen LogP contribution in [0.5, 0.6) is 0 Å². The van der Waals surface area contributed by atoms with Crippen molar-refractivity contribution in [2.45, 2.75) is 10.1 Å². The zero-order chi connectivity index (χ0) is 9.80. The molecule has 0 bridgehead atoms. The van der Waals surface area contributed by atoms with Crippen molar-refractivity contribution < 1.29 is 4.79 Å². The molecular weight excluding hydrogens is 196 g/mol. The van der Waals surface area contributed by atoms with Gasteiger partial charge in [-0.05, 0) is 12.1 Å². The Hall–Kier alpha value is -1.55. The van der Waals surface area contributed by atoms with Gasteiger partial charge in [0.05, 0.1) is 11.9 Å². The molecule has 0 saturated carbocycles. The molecule has 0 radical (unpaired) electrons. The first-order valence-electron chi connectivity index (χ1n) is 4.11. The lowest BCUT2D eigenvalue weighted by Gasteiger charge is -1.95. The first-order chi connectivity index (χ1) is 6.88. The Bertz CT molecular complexity index is 425. The number of imidazole rings is 1. The van der Waals surface area contributed by atoms with Gasteiger partial charge in [0.1, 0.15) is 0 Å². The average molecular weight is 204 g/mol. The zero-order valence-corrected chi connectivity index (χ0v) is 8.12. The Kier molecular flexibility index (Phi) is 2.65. The Morgan fingerprint density at radius 2 is 2.07 bits per heavy atom. The van der Waals surface area contributed by atoms with Gasteiger partial charge in [0.15, 0.2) is 11.4 Å². The van der Waals surface area contributed by atoms with Crippen LogP contribution in [0.25, 0.3) is 0 Å². The van der Waals surface area contributed by atoms with Crippen LogP contribution in [0.1, 0.15) is 10.5 Å². The van der Waals surface area contributed by atoms with E-state index < -0.39 is 0 Å². The summed E-state index contributed by atoms with van der Waals surface area (Å²) >= 11 is 1.50. The van der Waals surface area contributed by atoms with Gasteiger partial charge in [-0.25, -0.2) is 4.98 Å². The topological polar surface area (TPSA) is 45.8 Å². The first-order valence-corrected chi connectivity index (χ1v) is 4.93. The van der Waals surface area contributed by atoms with Gasteiger partial charge in [-0.15, -0.1) is 0 Å². The molecule has 0 atom stereocenters. The molecule has 2 aromatic rings. The summed E-state index contributed by atoms with van der Waals surface area (Å²) in [7, 11) is 0. The van der Waals surface area contributed by atoms with Crippen molar-refractivity contribution in [3.8, 4) is 0 Å². The number of nitrogens with one attached hydrogen (secondary N) is 1. The zero-order valence-electron chi connectivity index (χ0n) is 7.31. The Morgan fingerprint density at radius 3 is 2.71 bits per heavy atom. The summed E-state index contributed by atoms with van der Waals surface area (Å²) in [6, 6.07) is 9.88. The van der Waals surface area contributed by atoms with Gasteiger partial charge in [0.2, 0.25) is 0 Å². The molecule has 3 nitrogen and oxygen atoms in total. The summed E-state index contributed by atoms with van der Waals surface area (Å²) in [5, 5.41) is 0.735. The average Bonchev–Trinajstić information content (AvgIpc) is 2.67. The quantitative estimate of drug-likeness (QED) is 0.781. The predicted molar refractivity (Wildman–Crippen MR) is 54.5 cm³/mol. The van der Waals surface area contributed by atoms with E-state index in [1.807, 2.05) is 30.3 Å². The van der Waals surface area contributed by atoms with E-state index in [-0.39, 0.29) is 0 Å². The molecule has 1 aromatic carbocycles. The second kappa shape index (κ2) is 4.11. The summed E-state index contributed by atoms with van der Waals surface area (Å²) in [4.78, 5) is 18.4. The Morgan fingerprint density at radius 1 is 1.29 bits per heavy atom. The fourth-order valence-electron chi connectivity index (χ4n) is 1.03. The highest BCUT2D eigenvalue weighted by Crippen LogP contribution is 2.23. The highest BCUT2D eigenvalue weighted by atomic mass is 32.2. The maximum Gasteiger partial charge on any atom is 0.170 e. The Labute approximate surface area is 85.6 Å². The smallest absolute Gasteiger partial charge is 0.170 e. The predicted octanol–water partition coefficient (Wildman–Crippen LogP) is 2.37. The summed E-state index contributed by atoms with van der Waals surface area (Å²) in [6.07, 6.45) is 2.28. The van der Waals surface area contributed by atoms with Gasteiger partial charge in [-0.1, -0.05) is 30.0 Å². The van der Waals surface area contributed by atoms with Crippen molar-refractivity contribution in [2.24, 2.45) is 0 Å². The van der Waals surface area contributed by atoms with E-state index in [2.05, 4.69) is 9.97 Å². The molecule has 1 heterocycles. The number of aromatic nitrogens is 2. The van der Waals surface area contributed by atoms with Crippen LogP contribution < -0.4 is 0 Å². The molecule has 0 aliphatic rings. The number of rotatable bonds is 3. The SMILES string of the molecule is O=Cc1cnc(Sc2ccccc2)[nH]1. The van der Waals surface area contributed by atoms with Crippen LogP contribution in [0, 0.1) is 0 Å². The summed E-state index contributed by atoms with van der Waals surface area (Å²) < 4.78 is 0. The van der Waals surface area contributed by atoms with E-state index in [0.29, 0.717) is 5.69 Å². The van der Waals surface area contributed by atoms with Crippen molar-refractivity contribution in [1.29, 1.82) is 0 Å². The van der Waals surface area contributed by atoms with Gasteiger partial charge in [-0.2, -0.15) is 0 Å². The van der Waals surface area contributed by atoms with Crippen LogP contribution in [-0.4, -0.2) is 16.3 Å². The lowest BCUT2D eigenvalue weighted by Crippen LogP contribution is -1.78. The summed E-state index contributed by atoms with van der Waals surface area (Å²) in [5.74, 6) is 0. The molecule has 0 fully saturated rings. The van der Waals surface area contributed by atoms with E-state index in [9.17, 15) is 4.79 Å². The van der Waals surface area contributed by atoms with E-state index in [1.54, 1.807) is 0 Å². The third-order valence-corrected chi connectivity index (χ3v) is 2.57. The number of carbonyl (C=O) groups excluding carboxylic acids is 1. The largest absolute Gasteiger partial charge is 0.330 e. The second-order valence-corrected chi connectivity index (χ2v) is 3.74. The number of H-pyrrole nitrogens is 1. The molecule has 0 unspecified atom stereocenters. The molecular formula is C10H8N2OS. The number of benzene rings is 1. The molecule has 0 amide bonds. The highest BCUT2D eigenvalue weighted by molar-refractivity contribution is 7.99. The third-order valence-electron chi connectivity index (χ3n) is 1.66. The summed E-state index contributed by atoms with van der Waals surface area (Å²) in [6.45, 7) is 0.